The van der Waals surface area contributed by atoms with Crippen LogP contribution in [0.15, 0.2) is 0 Å². The van der Waals surface area contributed by atoms with Gasteiger partial charge in [-0.15, -0.1) is 12.4 Å². The fraction of sp³-hybridized carbons (Fsp3) is 1.00. The van der Waals surface area contributed by atoms with Crippen LogP contribution in [0.4, 0.5) is 13.2 Å². The fourth-order valence-electron chi connectivity index (χ4n) is 2.37. The zero-order chi connectivity index (χ0) is 8.77. The molecule has 1 atom stereocenters. The Balaban J connectivity index is 0.000000845. The highest BCUT2D eigenvalue weighted by Gasteiger charge is 2.49. The van der Waals surface area contributed by atoms with E-state index in [2.05, 4.69) is 5.32 Å². The van der Waals surface area contributed by atoms with Crippen LogP contribution < -0.4 is 5.32 Å². The van der Waals surface area contributed by atoms with Crippen molar-refractivity contribution in [2.45, 2.75) is 43.9 Å². The van der Waals surface area contributed by atoms with E-state index in [4.69, 9.17) is 0 Å². The van der Waals surface area contributed by atoms with Crippen molar-refractivity contribution in [3.8, 4) is 0 Å². The molecule has 1 aliphatic carbocycles. The summed E-state index contributed by atoms with van der Waals surface area (Å²) in [7, 11) is 0. The summed E-state index contributed by atoms with van der Waals surface area (Å²) in [6.45, 7) is 0. The van der Waals surface area contributed by atoms with E-state index in [9.17, 15) is 13.2 Å². The third-order valence-electron chi connectivity index (χ3n) is 3.01. The number of halogens is 4. The second-order valence-corrected chi connectivity index (χ2v) is 3.80. The molecule has 3 fully saturated rings. The Morgan fingerprint density at radius 1 is 1.00 bits per heavy atom. The van der Waals surface area contributed by atoms with E-state index in [-0.39, 0.29) is 24.4 Å². The van der Waals surface area contributed by atoms with Crippen LogP contribution in [0.1, 0.15) is 25.7 Å². The molecule has 0 radical (unpaired) electrons. The first kappa shape index (κ1) is 11.1. The van der Waals surface area contributed by atoms with Crippen LogP contribution in [0.5, 0.6) is 0 Å². The normalized spacial score (nSPS) is 38.5. The number of rotatable bonds is 0. The molecule has 2 heterocycles. The summed E-state index contributed by atoms with van der Waals surface area (Å²) in [5.74, 6) is -0.157. The summed E-state index contributed by atoms with van der Waals surface area (Å²) >= 11 is 0. The number of alkyl halides is 3. The molecular weight excluding hydrogens is 203 g/mol. The molecule has 0 aromatic carbocycles. The molecular formula is C8H13ClF3N. The topological polar surface area (TPSA) is 12.0 Å². The lowest BCUT2D eigenvalue weighted by Crippen LogP contribution is -2.58. The Morgan fingerprint density at radius 2 is 1.54 bits per heavy atom. The maximum atomic E-state index is 12.3. The Hall–Kier alpha value is 0.0400. The molecule has 1 saturated carbocycles. The maximum absolute atomic E-state index is 12.3. The van der Waals surface area contributed by atoms with E-state index in [1.807, 2.05) is 0 Å². The van der Waals surface area contributed by atoms with Crippen LogP contribution in [-0.4, -0.2) is 18.3 Å². The standard InChI is InChI=1S/C8H12F3N.ClH/c9-8(10,11)7-5-1-3-6(12-7)4-2-5;/h5-7,12H,1-4H2;1H. The van der Waals surface area contributed by atoms with Crippen LogP contribution in [0.2, 0.25) is 0 Å². The molecule has 2 saturated heterocycles. The SMILES string of the molecule is Cl.FC(F)(F)C1NC2CCC1CC2. The zero-order valence-electron chi connectivity index (χ0n) is 7.10. The Labute approximate surface area is 81.5 Å². The second-order valence-electron chi connectivity index (χ2n) is 3.80. The van der Waals surface area contributed by atoms with Gasteiger partial charge in [-0.2, -0.15) is 13.2 Å². The third-order valence-corrected chi connectivity index (χ3v) is 3.01. The van der Waals surface area contributed by atoms with Crippen LogP contribution in [0, 0.1) is 5.92 Å². The molecule has 78 valence electrons. The molecule has 5 heteroatoms. The number of hydrogen-bond acceptors (Lipinski definition) is 1. The monoisotopic (exact) mass is 215 g/mol. The summed E-state index contributed by atoms with van der Waals surface area (Å²) in [6.07, 6.45) is -0.679. The molecule has 2 bridgehead atoms. The highest BCUT2D eigenvalue weighted by Crippen LogP contribution is 2.39. The zero-order valence-corrected chi connectivity index (χ0v) is 7.92. The smallest absolute Gasteiger partial charge is 0.303 e. The van der Waals surface area contributed by atoms with Crippen LogP contribution in [0.25, 0.3) is 0 Å². The number of hydrogen-bond donors (Lipinski definition) is 1. The number of fused-ring (bicyclic) bond motifs is 3. The van der Waals surface area contributed by atoms with E-state index in [0.717, 1.165) is 25.7 Å². The average Bonchev–Trinajstić information content (AvgIpc) is 2.05. The molecule has 0 aromatic rings. The predicted octanol–water partition coefficient (Wildman–Crippen LogP) is 2.50. The summed E-state index contributed by atoms with van der Waals surface area (Å²) < 4.78 is 37.0. The van der Waals surface area contributed by atoms with Gasteiger partial charge in [0.1, 0.15) is 6.04 Å². The van der Waals surface area contributed by atoms with E-state index >= 15 is 0 Å². The van der Waals surface area contributed by atoms with E-state index in [1.54, 1.807) is 0 Å². The Kier molecular flexibility index (Phi) is 3.12. The lowest BCUT2D eigenvalue weighted by atomic mass is 9.76. The molecule has 3 aliphatic rings. The van der Waals surface area contributed by atoms with Crippen molar-refractivity contribution in [2.24, 2.45) is 5.92 Å². The van der Waals surface area contributed by atoms with E-state index in [0.29, 0.717) is 0 Å². The largest absolute Gasteiger partial charge is 0.404 e. The van der Waals surface area contributed by atoms with E-state index < -0.39 is 12.2 Å². The first-order chi connectivity index (χ1) is 5.57. The second kappa shape index (κ2) is 3.65. The fourth-order valence-corrected chi connectivity index (χ4v) is 2.37. The Morgan fingerprint density at radius 3 is 1.77 bits per heavy atom. The lowest BCUT2D eigenvalue weighted by Gasteiger charge is -2.44. The van der Waals surface area contributed by atoms with Gasteiger partial charge in [0.25, 0.3) is 0 Å². The highest BCUT2D eigenvalue weighted by molar-refractivity contribution is 5.85. The van der Waals surface area contributed by atoms with Gasteiger partial charge in [-0.25, -0.2) is 0 Å². The average molecular weight is 216 g/mol. The van der Waals surface area contributed by atoms with Gasteiger partial charge in [-0.05, 0) is 31.6 Å². The number of nitrogens with one attached hydrogen (secondary N) is 1. The van der Waals surface area contributed by atoms with Crippen molar-refractivity contribution in [1.29, 1.82) is 0 Å². The first-order valence-electron chi connectivity index (χ1n) is 4.40. The first-order valence-corrected chi connectivity index (χ1v) is 4.40. The van der Waals surface area contributed by atoms with Crippen molar-refractivity contribution in [3.05, 3.63) is 0 Å². The van der Waals surface area contributed by atoms with Crippen LogP contribution in [0.3, 0.4) is 0 Å². The summed E-state index contributed by atoms with van der Waals surface area (Å²) in [4.78, 5) is 0. The summed E-state index contributed by atoms with van der Waals surface area (Å²) in [6, 6.07) is -1.09. The predicted molar refractivity (Wildman–Crippen MR) is 46.0 cm³/mol. The molecule has 0 amide bonds. The molecule has 0 aromatic heterocycles. The van der Waals surface area contributed by atoms with Gasteiger partial charge >= 0.3 is 6.18 Å². The van der Waals surface area contributed by atoms with E-state index in [1.165, 1.54) is 0 Å². The van der Waals surface area contributed by atoms with Gasteiger partial charge in [0, 0.05) is 6.04 Å². The molecule has 1 nitrogen and oxygen atoms in total. The van der Waals surface area contributed by atoms with Gasteiger partial charge < -0.3 is 5.32 Å². The van der Waals surface area contributed by atoms with Gasteiger partial charge in [0.05, 0.1) is 0 Å². The molecule has 0 spiro atoms. The van der Waals surface area contributed by atoms with Gasteiger partial charge in [-0.3, -0.25) is 0 Å². The molecule has 3 rings (SSSR count). The number of piperidine rings is 2. The molecule has 1 unspecified atom stereocenters. The molecule has 1 N–H and O–H groups in total. The minimum Gasteiger partial charge on any atom is -0.303 e. The molecule has 13 heavy (non-hydrogen) atoms. The summed E-state index contributed by atoms with van der Waals surface area (Å²) in [5, 5.41) is 2.67. The van der Waals surface area contributed by atoms with Gasteiger partial charge in [0.2, 0.25) is 0 Å². The highest BCUT2D eigenvalue weighted by atomic mass is 35.5. The summed E-state index contributed by atoms with van der Waals surface area (Å²) in [5.41, 5.74) is 0. The van der Waals surface area contributed by atoms with Crippen molar-refractivity contribution in [3.63, 3.8) is 0 Å². The van der Waals surface area contributed by atoms with Crippen molar-refractivity contribution in [1.82, 2.24) is 5.32 Å². The van der Waals surface area contributed by atoms with Gasteiger partial charge in [0.15, 0.2) is 0 Å². The Bertz CT molecular complexity index is 175. The van der Waals surface area contributed by atoms with Crippen molar-refractivity contribution < 1.29 is 13.2 Å². The quantitative estimate of drug-likeness (QED) is 0.655. The van der Waals surface area contributed by atoms with Crippen LogP contribution >= 0.6 is 12.4 Å². The van der Waals surface area contributed by atoms with Crippen LogP contribution in [-0.2, 0) is 0 Å². The third kappa shape index (κ3) is 2.10. The van der Waals surface area contributed by atoms with Crippen molar-refractivity contribution >= 4 is 12.4 Å². The maximum Gasteiger partial charge on any atom is 0.404 e. The minimum absolute atomic E-state index is 0. The minimum atomic E-state index is -4.04. The molecule has 2 aliphatic heterocycles. The van der Waals surface area contributed by atoms with Crippen molar-refractivity contribution in [2.75, 3.05) is 0 Å². The van der Waals surface area contributed by atoms with Gasteiger partial charge in [-0.1, -0.05) is 0 Å². The lowest BCUT2D eigenvalue weighted by molar-refractivity contribution is -0.182.